The summed E-state index contributed by atoms with van der Waals surface area (Å²) in [7, 11) is 0. The molecule has 1 atom stereocenters. The molecular formula is C19H21ClN4. The van der Waals surface area contributed by atoms with E-state index in [2.05, 4.69) is 39.8 Å². The summed E-state index contributed by atoms with van der Waals surface area (Å²) in [6.07, 6.45) is 2.16. The fraction of sp³-hybridized carbons (Fsp3) is 0.316. The molecule has 0 saturated heterocycles. The molecule has 0 spiro atoms. The average Bonchev–Trinajstić information content (AvgIpc) is 3.18. The number of rotatable bonds is 3. The van der Waals surface area contributed by atoms with E-state index < -0.39 is 0 Å². The Morgan fingerprint density at radius 3 is 2.71 bits per heavy atom. The van der Waals surface area contributed by atoms with E-state index >= 15 is 0 Å². The second kappa shape index (κ2) is 6.11. The molecule has 5 heteroatoms. The molecule has 1 aromatic carbocycles. The number of hydrogen-bond donors (Lipinski definition) is 0. The van der Waals surface area contributed by atoms with Crippen molar-refractivity contribution in [3.8, 4) is 5.69 Å². The number of benzene rings is 1. The molecule has 24 heavy (non-hydrogen) atoms. The van der Waals surface area contributed by atoms with Crippen molar-refractivity contribution in [2.45, 2.75) is 33.0 Å². The summed E-state index contributed by atoms with van der Waals surface area (Å²) in [4.78, 5) is 2.47. The normalized spacial score (nSPS) is 17.9. The highest BCUT2D eigenvalue weighted by Crippen LogP contribution is 2.30. The van der Waals surface area contributed by atoms with Crippen LogP contribution in [0.15, 0.2) is 48.7 Å². The Morgan fingerprint density at radius 2 is 1.92 bits per heavy atom. The molecule has 2 aromatic heterocycles. The predicted molar refractivity (Wildman–Crippen MR) is 96.6 cm³/mol. The Bertz CT molecular complexity index is 850. The number of para-hydroxylation sites is 1. The van der Waals surface area contributed by atoms with Crippen molar-refractivity contribution in [3.05, 3.63) is 70.8 Å². The zero-order valence-electron chi connectivity index (χ0n) is 14.0. The Morgan fingerprint density at radius 1 is 1.12 bits per heavy atom. The topological polar surface area (TPSA) is 26.0 Å². The van der Waals surface area contributed by atoms with E-state index in [0.717, 1.165) is 36.6 Å². The summed E-state index contributed by atoms with van der Waals surface area (Å²) in [5, 5.41) is 5.37. The lowest BCUT2D eigenvalue weighted by Crippen LogP contribution is -2.36. The summed E-state index contributed by atoms with van der Waals surface area (Å²) in [6.45, 7) is 7.17. The van der Waals surface area contributed by atoms with Gasteiger partial charge in [-0.25, -0.2) is 4.68 Å². The van der Waals surface area contributed by atoms with E-state index in [9.17, 15) is 0 Å². The first kappa shape index (κ1) is 15.5. The van der Waals surface area contributed by atoms with Gasteiger partial charge in [0, 0.05) is 43.1 Å². The molecule has 0 fully saturated rings. The molecule has 0 N–H and O–H groups in total. The van der Waals surface area contributed by atoms with E-state index in [1.54, 1.807) is 0 Å². The maximum atomic E-state index is 6.68. The fourth-order valence-corrected chi connectivity index (χ4v) is 3.83. The van der Waals surface area contributed by atoms with Crippen molar-refractivity contribution >= 4 is 11.6 Å². The van der Waals surface area contributed by atoms with E-state index in [-0.39, 0.29) is 0 Å². The third-order valence-corrected chi connectivity index (χ3v) is 5.34. The Balaban J connectivity index is 1.63. The number of aryl methyl sites for hydroxylation is 1. The molecule has 0 bridgehead atoms. The van der Waals surface area contributed by atoms with Crippen LogP contribution in [0.1, 0.15) is 29.9 Å². The molecule has 0 aliphatic carbocycles. The maximum absolute atomic E-state index is 6.68. The predicted octanol–water partition coefficient (Wildman–Crippen LogP) is 4.21. The van der Waals surface area contributed by atoms with Gasteiger partial charge < -0.3 is 4.57 Å². The van der Waals surface area contributed by atoms with Crippen molar-refractivity contribution < 1.29 is 0 Å². The van der Waals surface area contributed by atoms with Crippen LogP contribution >= 0.6 is 11.6 Å². The lowest BCUT2D eigenvalue weighted by atomic mass is 10.1. The smallest absolute Gasteiger partial charge is 0.137 e. The van der Waals surface area contributed by atoms with Crippen LogP contribution in [0.4, 0.5) is 0 Å². The second-order valence-corrected chi connectivity index (χ2v) is 6.73. The summed E-state index contributed by atoms with van der Waals surface area (Å²) in [5.41, 5.74) is 4.48. The molecule has 124 valence electrons. The first-order valence-electron chi connectivity index (χ1n) is 8.33. The van der Waals surface area contributed by atoms with E-state index in [1.165, 1.54) is 5.69 Å². The third-order valence-electron chi connectivity index (χ3n) is 4.95. The molecule has 4 nitrogen and oxygen atoms in total. The van der Waals surface area contributed by atoms with E-state index in [4.69, 9.17) is 11.6 Å². The number of fused-ring (bicyclic) bond motifs is 1. The number of halogens is 1. The van der Waals surface area contributed by atoms with Gasteiger partial charge in [0.15, 0.2) is 0 Å². The minimum Gasteiger partial charge on any atom is -0.349 e. The van der Waals surface area contributed by atoms with Crippen LogP contribution in [0.3, 0.4) is 0 Å². The van der Waals surface area contributed by atoms with Crippen LogP contribution in [0, 0.1) is 6.92 Å². The van der Waals surface area contributed by atoms with E-state index in [1.807, 2.05) is 41.9 Å². The molecule has 1 aliphatic heterocycles. The zero-order chi connectivity index (χ0) is 16.7. The van der Waals surface area contributed by atoms with Gasteiger partial charge in [-0.3, -0.25) is 4.90 Å². The van der Waals surface area contributed by atoms with Crippen molar-refractivity contribution in [2.75, 3.05) is 6.54 Å². The molecular weight excluding hydrogens is 320 g/mol. The van der Waals surface area contributed by atoms with Gasteiger partial charge in [0.05, 0.1) is 11.4 Å². The van der Waals surface area contributed by atoms with Gasteiger partial charge in [0.2, 0.25) is 0 Å². The summed E-state index contributed by atoms with van der Waals surface area (Å²) in [6, 6.07) is 14.8. The maximum Gasteiger partial charge on any atom is 0.137 e. The van der Waals surface area contributed by atoms with Crippen molar-refractivity contribution in [3.63, 3.8) is 0 Å². The van der Waals surface area contributed by atoms with Crippen LogP contribution in [-0.4, -0.2) is 25.8 Å². The summed E-state index contributed by atoms with van der Waals surface area (Å²) in [5.74, 6) is 0. The Kier molecular flexibility index (Phi) is 3.94. The van der Waals surface area contributed by atoms with Gasteiger partial charge in [-0.2, -0.15) is 5.10 Å². The number of nitrogens with zero attached hydrogens (tertiary/aromatic N) is 4. The van der Waals surface area contributed by atoms with Gasteiger partial charge in [-0.1, -0.05) is 29.8 Å². The van der Waals surface area contributed by atoms with E-state index in [0.29, 0.717) is 11.2 Å². The van der Waals surface area contributed by atoms with Gasteiger partial charge >= 0.3 is 0 Å². The molecule has 3 heterocycles. The van der Waals surface area contributed by atoms with Crippen LogP contribution < -0.4 is 0 Å². The van der Waals surface area contributed by atoms with Gasteiger partial charge in [-0.05, 0) is 38.1 Å². The monoisotopic (exact) mass is 340 g/mol. The third kappa shape index (κ3) is 2.56. The minimum atomic E-state index is 0.379. The highest BCUT2D eigenvalue weighted by Gasteiger charge is 2.26. The van der Waals surface area contributed by atoms with Crippen LogP contribution in [0.25, 0.3) is 5.69 Å². The van der Waals surface area contributed by atoms with Gasteiger partial charge in [-0.15, -0.1) is 0 Å². The van der Waals surface area contributed by atoms with Crippen LogP contribution in [-0.2, 0) is 13.1 Å². The molecule has 0 amide bonds. The quantitative estimate of drug-likeness (QED) is 0.713. The average molecular weight is 341 g/mol. The second-order valence-electron chi connectivity index (χ2n) is 6.38. The standard InChI is InChI=1S/C19H21ClN4/c1-14-17(19(20)24(21-14)16-7-4-3-5-8-16)13-23-12-11-22-10-6-9-18(22)15(23)2/h3-10,15H,11-13H2,1-2H3. The molecule has 1 unspecified atom stereocenters. The van der Waals surface area contributed by atoms with Crippen LogP contribution in [0.5, 0.6) is 0 Å². The number of hydrogen-bond acceptors (Lipinski definition) is 2. The highest BCUT2D eigenvalue weighted by atomic mass is 35.5. The minimum absolute atomic E-state index is 0.379. The highest BCUT2D eigenvalue weighted by molar-refractivity contribution is 6.30. The number of aromatic nitrogens is 3. The molecule has 4 rings (SSSR count). The summed E-state index contributed by atoms with van der Waals surface area (Å²) >= 11 is 6.68. The lowest BCUT2D eigenvalue weighted by Gasteiger charge is -2.34. The zero-order valence-corrected chi connectivity index (χ0v) is 14.7. The largest absolute Gasteiger partial charge is 0.349 e. The van der Waals surface area contributed by atoms with Gasteiger partial charge in [0.25, 0.3) is 0 Å². The first-order valence-corrected chi connectivity index (χ1v) is 8.71. The van der Waals surface area contributed by atoms with Crippen LogP contribution in [0.2, 0.25) is 5.15 Å². The van der Waals surface area contributed by atoms with Crippen molar-refractivity contribution in [1.29, 1.82) is 0 Å². The Hall–Kier alpha value is -2.04. The first-order chi connectivity index (χ1) is 11.6. The van der Waals surface area contributed by atoms with Gasteiger partial charge in [0.1, 0.15) is 5.15 Å². The Labute approximate surface area is 147 Å². The molecule has 1 aliphatic rings. The van der Waals surface area contributed by atoms with Crippen molar-refractivity contribution in [2.24, 2.45) is 0 Å². The SMILES string of the molecule is Cc1nn(-c2ccccc2)c(Cl)c1CN1CCn2cccc2C1C. The summed E-state index contributed by atoms with van der Waals surface area (Å²) < 4.78 is 4.17. The lowest BCUT2D eigenvalue weighted by molar-refractivity contribution is 0.160. The fourth-order valence-electron chi connectivity index (χ4n) is 3.50. The van der Waals surface area contributed by atoms with Crippen molar-refractivity contribution in [1.82, 2.24) is 19.2 Å². The molecule has 3 aromatic rings. The molecule has 0 radical (unpaired) electrons. The molecule has 0 saturated carbocycles.